The van der Waals surface area contributed by atoms with Crippen molar-refractivity contribution in [3.8, 4) is 0 Å². The highest BCUT2D eigenvalue weighted by Gasteiger charge is 2.59. The Bertz CT molecular complexity index is 501. The van der Waals surface area contributed by atoms with Gasteiger partial charge >= 0.3 is 0 Å². The van der Waals surface area contributed by atoms with Crippen molar-refractivity contribution in [1.29, 1.82) is 0 Å². The second kappa shape index (κ2) is 4.41. The van der Waals surface area contributed by atoms with Crippen molar-refractivity contribution in [2.24, 2.45) is 16.7 Å². The molecule has 20 heavy (non-hydrogen) atoms. The molecule has 3 unspecified atom stereocenters. The Kier molecular flexibility index (Phi) is 3.04. The topological polar surface area (TPSA) is 15.3 Å². The molecule has 2 bridgehead atoms. The fourth-order valence-corrected chi connectivity index (χ4v) is 4.70. The van der Waals surface area contributed by atoms with Gasteiger partial charge in [-0.1, -0.05) is 26.8 Å². The summed E-state index contributed by atoms with van der Waals surface area (Å²) < 4.78 is 0. The largest absolute Gasteiger partial charge is 0.381 e. The molecular formula is C18H28N2. The van der Waals surface area contributed by atoms with E-state index in [4.69, 9.17) is 0 Å². The van der Waals surface area contributed by atoms with Crippen molar-refractivity contribution in [3.05, 3.63) is 24.3 Å². The molecule has 0 spiro atoms. The zero-order valence-corrected chi connectivity index (χ0v) is 13.5. The highest BCUT2D eigenvalue weighted by atomic mass is 15.1. The minimum absolute atomic E-state index is 0.404. The molecule has 0 aromatic heterocycles. The van der Waals surface area contributed by atoms with E-state index >= 15 is 0 Å². The van der Waals surface area contributed by atoms with E-state index in [2.05, 4.69) is 69.3 Å². The van der Waals surface area contributed by atoms with Crippen LogP contribution in [0.4, 0.5) is 11.4 Å². The summed E-state index contributed by atoms with van der Waals surface area (Å²) in [6.07, 6.45) is 4.19. The van der Waals surface area contributed by atoms with E-state index in [0.29, 0.717) is 16.9 Å². The van der Waals surface area contributed by atoms with E-state index in [1.165, 1.54) is 30.6 Å². The van der Waals surface area contributed by atoms with E-state index in [1.54, 1.807) is 0 Å². The van der Waals surface area contributed by atoms with Gasteiger partial charge in [0.05, 0.1) is 0 Å². The second-order valence-corrected chi connectivity index (χ2v) is 7.94. The predicted octanol–water partition coefficient (Wildman–Crippen LogP) is 4.38. The number of hydrogen-bond donors (Lipinski definition) is 1. The molecule has 1 aromatic rings. The minimum Gasteiger partial charge on any atom is -0.381 e. The molecular weight excluding hydrogens is 244 g/mol. The van der Waals surface area contributed by atoms with Crippen LogP contribution in [0.1, 0.15) is 40.0 Å². The maximum absolute atomic E-state index is 3.87. The zero-order chi connectivity index (χ0) is 14.5. The number of fused-ring (bicyclic) bond motifs is 2. The van der Waals surface area contributed by atoms with Gasteiger partial charge in [-0.25, -0.2) is 0 Å². The lowest BCUT2D eigenvalue weighted by atomic mass is 9.68. The zero-order valence-electron chi connectivity index (χ0n) is 13.5. The Hall–Kier alpha value is -1.18. The monoisotopic (exact) mass is 272 g/mol. The maximum Gasteiger partial charge on any atom is 0.0381 e. The molecule has 0 aliphatic heterocycles. The number of rotatable bonds is 3. The molecule has 0 amide bonds. The van der Waals surface area contributed by atoms with Gasteiger partial charge in [0, 0.05) is 31.5 Å². The van der Waals surface area contributed by atoms with Crippen molar-refractivity contribution >= 4 is 11.4 Å². The number of anilines is 2. The number of benzene rings is 1. The third-order valence-corrected chi connectivity index (χ3v) is 5.94. The maximum atomic E-state index is 3.87. The van der Waals surface area contributed by atoms with Crippen molar-refractivity contribution in [3.63, 3.8) is 0 Å². The predicted molar refractivity (Wildman–Crippen MR) is 87.4 cm³/mol. The summed E-state index contributed by atoms with van der Waals surface area (Å²) in [4.78, 5) is 2.17. The van der Waals surface area contributed by atoms with Crippen molar-refractivity contribution in [1.82, 2.24) is 0 Å². The number of hydrogen-bond acceptors (Lipinski definition) is 2. The van der Waals surface area contributed by atoms with E-state index in [9.17, 15) is 0 Å². The van der Waals surface area contributed by atoms with Crippen molar-refractivity contribution in [2.75, 3.05) is 24.3 Å². The van der Waals surface area contributed by atoms with Gasteiger partial charge < -0.3 is 10.2 Å². The number of nitrogens with zero attached hydrogens (tertiary/aromatic N) is 1. The Morgan fingerprint density at radius 1 is 1.20 bits per heavy atom. The lowest BCUT2D eigenvalue weighted by Gasteiger charge is -2.43. The summed E-state index contributed by atoms with van der Waals surface area (Å²) in [6.45, 7) is 7.39. The first-order chi connectivity index (χ1) is 9.33. The van der Waals surface area contributed by atoms with Gasteiger partial charge in [-0.15, -0.1) is 0 Å². The molecule has 0 saturated heterocycles. The van der Waals surface area contributed by atoms with Gasteiger partial charge in [0.15, 0.2) is 0 Å². The van der Waals surface area contributed by atoms with E-state index in [-0.39, 0.29) is 0 Å². The second-order valence-electron chi connectivity index (χ2n) is 7.94. The summed E-state index contributed by atoms with van der Waals surface area (Å²) >= 11 is 0. The molecule has 1 N–H and O–H groups in total. The molecule has 2 aliphatic carbocycles. The van der Waals surface area contributed by atoms with Crippen LogP contribution in [0.3, 0.4) is 0 Å². The SMILES string of the molecule is CN(C)c1cccc(NC2C3(C)CCC(C3)C2(C)C)c1. The van der Waals surface area contributed by atoms with Crippen LogP contribution in [0.5, 0.6) is 0 Å². The van der Waals surface area contributed by atoms with Crippen LogP contribution in [0.25, 0.3) is 0 Å². The average Bonchev–Trinajstić information content (AvgIpc) is 2.86. The highest BCUT2D eigenvalue weighted by Crippen LogP contribution is 2.63. The van der Waals surface area contributed by atoms with E-state index < -0.39 is 0 Å². The third-order valence-electron chi connectivity index (χ3n) is 5.94. The first-order valence-electron chi connectivity index (χ1n) is 7.87. The molecule has 2 aliphatic rings. The first-order valence-corrected chi connectivity index (χ1v) is 7.87. The Morgan fingerprint density at radius 2 is 1.95 bits per heavy atom. The molecule has 2 saturated carbocycles. The van der Waals surface area contributed by atoms with Crippen LogP contribution < -0.4 is 10.2 Å². The normalized spacial score (nSPS) is 34.2. The van der Waals surface area contributed by atoms with E-state index in [0.717, 1.165) is 5.92 Å². The van der Waals surface area contributed by atoms with Gasteiger partial charge in [-0.2, -0.15) is 0 Å². The smallest absolute Gasteiger partial charge is 0.0381 e. The molecule has 1 aromatic carbocycles. The summed E-state index contributed by atoms with van der Waals surface area (Å²) in [5, 5.41) is 3.87. The van der Waals surface area contributed by atoms with Crippen molar-refractivity contribution in [2.45, 2.75) is 46.1 Å². The fourth-order valence-electron chi connectivity index (χ4n) is 4.70. The van der Waals surface area contributed by atoms with Gasteiger partial charge in [-0.3, -0.25) is 0 Å². The first kappa shape index (κ1) is 13.8. The summed E-state index contributed by atoms with van der Waals surface area (Å²) in [6, 6.07) is 9.38. The molecule has 2 fully saturated rings. The summed E-state index contributed by atoms with van der Waals surface area (Å²) in [7, 11) is 4.20. The Morgan fingerprint density at radius 3 is 2.55 bits per heavy atom. The van der Waals surface area contributed by atoms with Gasteiger partial charge in [0.1, 0.15) is 0 Å². The molecule has 3 atom stereocenters. The molecule has 110 valence electrons. The highest BCUT2D eigenvalue weighted by molar-refractivity contribution is 5.58. The fraction of sp³-hybridized carbons (Fsp3) is 0.667. The van der Waals surface area contributed by atoms with Crippen LogP contribution in [0.15, 0.2) is 24.3 Å². The van der Waals surface area contributed by atoms with Crippen molar-refractivity contribution < 1.29 is 0 Å². The average molecular weight is 272 g/mol. The van der Waals surface area contributed by atoms with Crippen LogP contribution in [-0.4, -0.2) is 20.1 Å². The molecule has 0 heterocycles. The molecule has 0 radical (unpaired) electrons. The van der Waals surface area contributed by atoms with Crippen LogP contribution in [-0.2, 0) is 0 Å². The standard InChI is InChI=1S/C18H28N2/c1-17(2)13-9-10-18(3,12-13)16(17)19-14-7-6-8-15(11-14)20(4)5/h6-8,11,13,16,19H,9-10,12H2,1-5H3. The van der Waals surface area contributed by atoms with Crippen LogP contribution >= 0.6 is 0 Å². The third kappa shape index (κ3) is 2.01. The lowest BCUT2D eigenvalue weighted by molar-refractivity contribution is 0.155. The quantitative estimate of drug-likeness (QED) is 0.878. The van der Waals surface area contributed by atoms with E-state index in [1.807, 2.05) is 0 Å². The number of nitrogens with one attached hydrogen (secondary N) is 1. The minimum atomic E-state index is 0.404. The van der Waals surface area contributed by atoms with Crippen LogP contribution in [0.2, 0.25) is 0 Å². The molecule has 3 rings (SSSR count). The van der Waals surface area contributed by atoms with Crippen LogP contribution in [0, 0.1) is 16.7 Å². The molecule has 2 heteroatoms. The van der Waals surface area contributed by atoms with Gasteiger partial charge in [0.25, 0.3) is 0 Å². The lowest BCUT2D eigenvalue weighted by Crippen LogP contribution is -2.45. The summed E-state index contributed by atoms with van der Waals surface area (Å²) in [5.74, 6) is 0.891. The Balaban J connectivity index is 1.86. The summed E-state index contributed by atoms with van der Waals surface area (Å²) in [5.41, 5.74) is 3.41. The Labute approximate surface area is 123 Å². The van der Waals surface area contributed by atoms with Gasteiger partial charge in [-0.05, 0) is 54.2 Å². The van der Waals surface area contributed by atoms with Gasteiger partial charge in [0.2, 0.25) is 0 Å². The molecule has 2 nitrogen and oxygen atoms in total.